The molecule has 1 saturated heterocycles. The van der Waals surface area contributed by atoms with E-state index in [4.69, 9.17) is 4.74 Å². The summed E-state index contributed by atoms with van der Waals surface area (Å²) in [6.07, 6.45) is 0. The number of piperazine rings is 1. The van der Waals surface area contributed by atoms with Gasteiger partial charge in [-0.25, -0.2) is 0 Å². The Morgan fingerprint density at radius 1 is 0.903 bits per heavy atom. The third kappa shape index (κ3) is 5.11. The lowest BCUT2D eigenvalue weighted by Crippen LogP contribution is -2.50. The number of hydrogen-bond acceptors (Lipinski definition) is 5. The maximum atomic E-state index is 13.2. The van der Waals surface area contributed by atoms with Crippen LogP contribution in [0.1, 0.15) is 25.6 Å². The first-order chi connectivity index (χ1) is 15.2. The van der Waals surface area contributed by atoms with Gasteiger partial charge in [0, 0.05) is 47.3 Å². The first kappa shape index (κ1) is 21.5. The molecular formula is C24H24N2O3S2. The molecule has 0 atom stereocenters. The summed E-state index contributed by atoms with van der Waals surface area (Å²) in [6.45, 7) is 2.12. The number of carbonyl (C=O) groups is 2. The zero-order valence-electron chi connectivity index (χ0n) is 17.3. The van der Waals surface area contributed by atoms with Crippen molar-refractivity contribution < 1.29 is 14.3 Å². The van der Waals surface area contributed by atoms with E-state index in [1.165, 1.54) is 4.88 Å². The van der Waals surface area contributed by atoms with Crippen LogP contribution in [0.4, 0.5) is 0 Å². The highest BCUT2D eigenvalue weighted by atomic mass is 32.2. The molecule has 7 heteroatoms. The predicted molar refractivity (Wildman–Crippen MR) is 125 cm³/mol. The van der Waals surface area contributed by atoms with Crippen LogP contribution in [0.2, 0.25) is 0 Å². The molecule has 5 nitrogen and oxygen atoms in total. The molecule has 0 saturated carbocycles. The van der Waals surface area contributed by atoms with Crippen molar-refractivity contribution in [3.63, 3.8) is 0 Å². The molecule has 3 aromatic rings. The molecule has 0 unspecified atom stereocenters. The average molecular weight is 453 g/mol. The van der Waals surface area contributed by atoms with Crippen LogP contribution in [0.15, 0.2) is 70.9 Å². The molecule has 0 spiro atoms. The van der Waals surface area contributed by atoms with E-state index in [-0.39, 0.29) is 11.8 Å². The van der Waals surface area contributed by atoms with Crippen molar-refractivity contribution in [2.24, 2.45) is 0 Å². The molecule has 0 aliphatic carbocycles. The quantitative estimate of drug-likeness (QED) is 0.511. The van der Waals surface area contributed by atoms with Crippen LogP contribution in [0.25, 0.3) is 0 Å². The zero-order valence-corrected chi connectivity index (χ0v) is 19.0. The summed E-state index contributed by atoms with van der Waals surface area (Å²) < 4.78 is 5.15. The van der Waals surface area contributed by atoms with E-state index < -0.39 is 0 Å². The smallest absolute Gasteiger partial charge is 0.255 e. The van der Waals surface area contributed by atoms with Gasteiger partial charge in [0.25, 0.3) is 11.8 Å². The molecule has 0 bridgehead atoms. The second kappa shape index (κ2) is 10.0. The number of nitrogens with zero attached hydrogens (tertiary/aromatic N) is 2. The van der Waals surface area contributed by atoms with Crippen molar-refractivity contribution in [3.8, 4) is 5.75 Å². The highest BCUT2D eigenvalue weighted by molar-refractivity contribution is 7.98. The van der Waals surface area contributed by atoms with Crippen LogP contribution >= 0.6 is 23.1 Å². The minimum Gasteiger partial charge on any atom is -0.497 e. The van der Waals surface area contributed by atoms with E-state index in [2.05, 4.69) is 11.4 Å². The Morgan fingerprint density at radius 2 is 1.58 bits per heavy atom. The third-order valence-electron chi connectivity index (χ3n) is 5.26. The minimum atomic E-state index is -0.0124. The molecule has 0 radical (unpaired) electrons. The Labute approximate surface area is 190 Å². The number of hydrogen-bond donors (Lipinski definition) is 0. The summed E-state index contributed by atoms with van der Waals surface area (Å²) in [4.78, 5) is 31.9. The van der Waals surface area contributed by atoms with Crippen molar-refractivity contribution in [2.45, 2.75) is 10.6 Å². The van der Waals surface area contributed by atoms with Gasteiger partial charge in [0.2, 0.25) is 0 Å². The first-order valence-corrected chi connectivity index (χ1v) is 12.0. The number of thiophene rings is 1. The summed E-state index contributed by atoms with van der Waals surface area (Å²) in [6, 6.07) is 19.1. The van der Waals surface area contributed by atoms with Gasteiger partial charge in [0.1, 0.15) is 5.75 Å². The molecule has 31 heavy (non-hydrogen) atoms. The van der Waals surface area contributed by atoms with E-state index in [0.29, 0.717) is 31.7 Å². The number of amides is 2. The fourth-order valence-electron chi connectivity index (χ4n) is 3.51. The standard InChI is InChI=1S/C24H24N2O3S2/c1-29-19-10-8-18(9-11-19)23(27)25-12-14-26(15-13-25)24(28)21-6-2-3-7-22(21)31-17-20-5-4-16-30-20/h2-11,16H,12-15,17H2,1H3. The van der Waals surface area contributed by atoms with Crippen LogP contribution in [-0.2, 0) is 5.75 Å². The molecule has 1 aliphatic heterocycles. The largest absolute Gasteiger partial charge is 0.497 e. The maximum Gasteiger partial charge on any atom is 0.255 e. The Bertz CT molecular complexity index is 1030. The van der Waals surface area contributed by atoms with Crippen LogP contribution < -0.4 is 4.74 Å². The van der Waals surface area contributed by atoms with Gasteiger partial charge in [-0.2, -0.15) is 0 Å². The number of benzene rings is 2. The predicted octanol–water partition coefficient (Wildman–Crippen LogP) is 4.65. The van der Waals surface area contributed by atoms with Gasteiger partial charge in [0.15, 0.2) is 0 Å². The Hall–Kier alpha value is -2.77. The van der Waals surface area contributed by atoms with E-state index in [9.17, 15) is 9.59 Å². The lowest BCUT2D eigenvalue weighted by atomic mass is 10.1. The molecule has 1 aromatic heterocycles. The van der Waals surface area contributed by atoms with Crippen molar-refractivity contribution in [3.05, 3.63) is 82.0 Å². The molecular weight excluding hydrogens is 428 g/mol. The highest BCUT2D eigenvalue weighted by Crippen LogP contribution is 2.29. The number of rotatable bonds is 6. The summed E-state index contributed by atoms with van der Waals surface area (Å²) >= 11 is 3.42. The summed E-state index contributed by atoms with van der Waals surface area (Å²) in [5, 5.41) is 2.07. The zero-order chi connectivity index (χ0) is 21.6. The lowest BCUT2D eigenvalue weighted by molar-refractivity contribution is 0.0533. The van der Waals surface area contributed by atoms with Crippen LogP contribution in [0.3, 0.4) is 0 Å². The van der Waals surface area contributed by atoms with E-state index in [1.54, 1.807) is 54.5 Å². The Balaban J connectivity index is 1.37. The summed E-state index contributed by atoms with van der Waals surface area (Å²) in [7, 11) is 1.60. The second-order valence-electron chi connectivity index (χ2n) is 7.18. The molecule has 160 valence electrons. The number of ether oxygens (including phenoxy) is 1. The Kier molecular flexibility index (Phi) is 6.94. The van der Waals surface area contributed by atoms with Crippen molar-refractivity contribution in [1.29, 1.82) is 0 Å². The number of methoxy groups -OCH3 is 1. The van der Waals surface area contributed by atoms with Gasteiger partial charge < -0.3 is 14.5 Å². The summed E-state index contributed by atoms with van der Waals surface area (Å²) in [5.41, 5.74) is 1.37. The Morgan fingerprint density at radius 3 is 2.23 bits per heavy atom. The molecule has 1 fully saturated rings. The van der Waals surface area contributed by atoms with Crippen molar-refractivity contribution >= 4 is 34.9 Å². The topological polar surface area (TPSA) is 49.9 Å². The number of thioether (sulfide) groups is 1. The minimum absolute atomic E-state index is 0.0124. The van der Waals surface area contributed by atoms with Crippen LogP contribution in [0.5, 0.6) is 5.75 Å². The molecule has 2 amide bonds. The number of carbonyl (C=O) groups excluding carboxylic acids is 2. The first-order valence-electron chi connectivity index (χ1n) is 10.1. The van der Waals surface area contributed by atoms with Gasteiger partial charge in [-0.05, 0) is 47.8 Å². The highest BCUT2D eigenvalue weighted by Gasteiger charge is 2.26. The lowest BCUT2D eigenvalue weighted by Gasteiger charge is -2.35. The molecule has 1 aliphatic rings. The second-order valence-corrected chi connectivity index (χ2v) is 9.23. The van der Waals surface area contributed by atoms with Gasteiger partial charge >= 0.3 is 0 Å². The maximum absolute atomic E-state index is 13.2. The fraction of sp³-hybridized carbons (Fsp3) is 0.250. The monoisotopic (exact) mass is 452 g/mol. The molecule has 4 rings (SSSR count). The van der Waals surface area contributed by atoms with E-state index in [1.807, 2.05) is 40.1 Å². The van der Waals surface area contributed by atoms with Gasteiger partial charge in [-0.1, -0.05) is 18.2 Å². The van der Waals surface area contributed by atoms with Crippen molar-refractivity contribution in [2.75, 3.05) is 33.3 Å². The van der Waals surface area contributed by atoms with E-state index in [0.717, 1.165) is 22.0 Å². The van der Waals surface area contributed by atoms with Gasteiger partial charge in [-0.15, -0.1) is 23.1 Å². The average Bonchev–Trinajstić information content (AvgIpc) is 3.36. The molecule has 0 N–H and O–H groups in total. The van der Waals surface area contributed by atoms with Crippen molar-refractivity contribution in [1.82, 2.24) is 9.80 Å². The van der Waals surface area contributed by atoms with Gasteiger partial charge in [-0.3, -0.25) is 9.59 Å². The SMILES string of the molecule is COc1ccc(C(=O)N2CCN(C(=O)c3ccccc3SCc3cccs3)CC2)cc1. The van der Waals surface area contributed by atoms with Crippen LogP contribution in [0, 0.1) is 0 Å². The fourth-order valence-corrected chi connectivity index (χ4v) is 5.33. The van der Waals surface area contributed by atoms with E-state index >= 15 is 0 Å². The van der Waals surface area contributed by atoms with Crippen LogP contribution in [-0.4, -0.2) is 54.9 Å². The van der Waals surface area contributed by atoms with Gasteiger partial charge in [0.05, 0.1) is 12.7 Å². The third-order valence-corrected chi connectivity index (χ3v) is 7.44. The molecule has 2 heterocycles. The molecule has 2 aromatic carbocycles. The normalized spacial score (nSPS) is 13.8. The summed E-state index contributed by atoms with van der Waals surface area (Å²) in [5.74, 6) is 1.60.